The molecule has 5 heteroatoms. The van der Waals surface area contributed by atoms with E-state index in [1.54, 1.807) is 0 Å². The molecule has 1 atom stereocenters. The second-order valence-corrected chi connectivity index (χ2v) is 16.4. The van der Waals surface area contributed by atoms with Crippen LogP contribution in [0.15, 0.2) is 162 Å². The first-order valence-electron chi connectivity index (χ1n) is 17.8. The van der Waals surface area contributed by atoms with E-state index in [0.717, 1.165) is 105 Å². The fourth-order valence-electron chi connectivity index (χ4n) is 8.71. The Balaban J connectivity index is 1.21. The zero-order chi connectivity index (χ0) is 34.6. The molecule has 0 spiro atoms. The Morgan fingerprint density at radius 1 is 0.558 bits per heavy atom. The standard InChI is InChI=1S/C47H31N2O2P/c1-2-44-48-38-20-12-22-42-47(38)49(44)39-26-24-30(28-43(39)52(42,50)31-13-4-3-5-14-31)46-36-18-8-6-16-34(36)45(35-17-7-9-19-37(35)46)29-23-25-33-32-15-10-11-21-40(32)51-41(33)27-29/h3-28H,2H2,1H3. The van der Waals surface area contributed by atoms with E-state index in [4.69, 9.17) is 9.40 Å². The van der Waals surface area contributed by atoms with Crippen molar-refractivity contribution in [3.8, 4) is 27.9 Å². The van der Waals surface area contributed by atoms with Gasteiger partial charge in [0.1, 0.15) is 17.0 Å². The molecule has 4 nitrogen and oxygen atoms in total. The minimum Gasteiger partial charge on any atom is -0.456 e. The summed E-state index contributed by atoms with van der Waals surface area (Å²) in [5.41, 5.74) is 9.00. The molecule has 0 N–H and O–H groups in total. The first kappa shape index (κ1) is 29.5. The first-order chi connectivity index (χ1) is 25.6. The number of aromatic nitrogens is 2. The van der Waals surface area contributed by atoms with E-state index in [0.29, 0.717) is 0 Å². The van der Waals surface area contributed by atoms with Crippen molar-refractivity contribution in [2.45, 2.75) is 13.3 Å². The number of fused-ring (bicyclic) bond motifs is 7. The van der Waals surface area contributed by atoms with Crippen LogP contribution in [0.2, 0.25) is 0 Å². The van der Waals surface area contributed by atoms with E-state index in [-0.39, 0.29) is 0 Å². The highest BCUT2D eigenvalue weighted by atomic mass is 31.2. The number of para-hydroxylation sites is 2. The van der Waals surface area contributed by atoms with E-state index in [1.807, 2.05) is 60.7 Å². The number of furan rings is 1. The maximum absolute atomic E-state index is 16.0. The van der Waals surface area contributed by atoms with Gasteiger partial charge in [-0.1, -0.05) is 122 Å². The third-order valence-electron chi connectivity index (χ3n) is 10.9. The summed E-state index contributed by atoms with van der Waals surface area (Å²) in [7, 11) is -3.29. The smallest absolute Gasteiger partial charge is 0.175 e. The summed E-state index contributed by atoms with van der Waals surface area (Å²) in [6, 6.07) is 54.9. The molecule has 0 radical (unpaired) electrons. The fourth-order valence-corrected chi connectivity index (χ4v) is 11.7. The quantitative estimate of drug-likeness (QED) is 0.137. The molecule has 52 heavy (non-hydrogen) atoms. The third kappa shape index (κ3) is 3.93. The number of aryl methyl sites for hydroxylation is 1. The summed E-state index contributed by atoms with van der Waals surface area (Å²) >= 11 is 0. The summed E-state index contributed by atoms with van der Waals surface area (Å²) in [6.07, 6.45) is 0.765. The maximum Gasteiger partial charge on any atom is 0.175 e. The monoisotopic (exact) mass is 686 g/mol. The number of imidazole rings is 1. The lowest BCUT2D eigenvalue weighted by atomic mass is 9.86. The summed E-state index contributed by atoms with van der Waals surface area (Å²) in [5, 5.41) is 9.37. The van der Waals surface area contributed by atoms with Gasteiger partial charge >= 0.3 is 0 Å². The maximum atomic E-state index is 16.0. The summed E-state index contributed by atoms with van der Waals surface area (Å²) < 4.78 is 24.6. The lowest BCUT2D eigenvalue weighted by molar-refractivity contribution is 0.592. The van der Waals surface area contributed by atoms with Gasteiger partial charge in [0.2, 0.25) is 0 Å². The predicted octanol–water partition coefficient (Wildman–Crippen LogP) is 11.1. The van der Waals surface area contributed by atoms with Crippen LogP contribution in [0.4, 0.5) is 0 Å². The molecular formula is C47H31N2O2P. The minimum atomic E-state index is -3.29. The van der Waals surface area contributed by atoms with Gasteiger partial charge in [0, 0.05) is 33.1 Å². The van der Waals surface area contributed by atoms with Gasteiger partial charge in [-0.05, 0) is 86.3 Å². The number of benzene rings is 8. The molecule has 0 saturated heterocycles. The van der Waals surface area contributed by atoms with Crippen LogP contribution in [-0.4, -0.2) is 9.55 Å². The Morgan fingerprint density at radius 3 is 1.85 bits per heavy atom. The van der Waals surface area contributed by atoms with Crippen LogP contribution in [-0.2, 0) is 11.0 Å². The molecule has 2 aromatic heterocycles. The van der Waals surface area contributed by atoms with Crippen molar-refractivity contribution >= 4 is 77.6 Å². The van der Waals surface area contributed by atoms with Crippen LogP contribution in [0.3, 0.4) is 0 Å². The van der Waals surface area contributed by atoms with E-state index in [2.05, 4.69) is 109 Å². The topological polar surface area (TPSA) is 48.0 Å². The summed E-state index contributed by atoms with van der Waals surface area (Å²) in [5.74, 6) is 0.970. The number of nitrogens with zero attached hydrogens (tertiary/aromatic N) is 2. The molecule has 1 unspecified atom stereocenters. The SMILES string of the molecule is CCc1nc2cccc3c2n1-c1ccc(-c2c4ccccc4c(-c4ccc5c(c4)oc4ccccc45)c4ccccc24)cc1P3(=O)c1ccccc1. The van der Waals surface area contributed by atoms with Gasteiger partial charge in [-0.25, -0.2) is 4.98 Å². The van der Waals surface area contributed by atoms with Gasteiger partial charge in [-0.3, -0.25) is 4.57 Å². The Morgan fingerprint density at radius 2 is 1.15 bits per heavy atom. The fraction of sp³-hybridized carbons (Fsp3) is 0.0426. The molecule has 0 bridgehead atoms. The van der Waals surface area contributed by atoms with E-state index < -0.39 is 7.14 Å². The molecule has 1 aliphatic rings. The van der Waals surface area contributed by atoms with Crippen molar-refractivity contribution in [2.24, 2.45) is 0 Å². The Kier molecular flexibility index (Phi) is 6.18. The van der Waals surface area contributed by atoms with Crippen molar-refractivity contribution in [3.63, 3.8) is 0 Å². The number of rotatable bonds is 4. The summed E-state index contributed by atoms with van der Waals surface area (Å²) in [6.45, 7) is 2.13. The highest BCUT2D eigenvalue weighted by Gasteiger charge is 2.40. The minimum absolute atomic E-state index is 0.765. The molecule has 0 aliphatic carbocycles. The Bertz CT molecular complexity index is 3100. The summed E-state index contributed by atoms with van der Waals surface area (Å²) in [4.78, 5) is 5.03. The van der Waals surface area contributed by atoms with Crippen LogP contribution in [0.1, 0.15) is 12.7 Å². The lowest BCUT2D eigenvalue weighted by Gasteiger charge is -2.30. The number of hydrogen-bond donors (Lipinski definition) is 0. The first-order valence-corrected chi connectivity index (χ1v) is 19.5. The van der Waals surface area contributed by atoms with Crippen molar-refractivity contribution < 1.29 is 8.98 Å². The second-order valence-electron chi connectivity index (χ2n) is 13.7. The van der Waals surface area contributed by atoms with Crippen molar-refractivity contribution in [2.75, 3.05) is 0 Å². The highest BCUT2D eigenvalue weighted by Crippen LogP contribution is 2.51. The van der Waals surface area contributed by atoms with Gasteiger partial charge < -0.3 is 8.98 Å². The van der Waals surface area contributed by atoms with Gasteiger partial charge in [-0.2, -0.15) is 0 Å². The molecule has 0 amide bonds. The third-order valence-corrected chi connectivity index (χ3v) is 14.0. The van der Waals surface area contributed by atoms with Crippen LogP contribution in [0, 0.1) is 0 Å². The van der Waals surface area contributed by atoms with Gasteiger partial charge in [0.25, 0.3) is 0 Å². The zero-order valence-electron chi connectivity index (χ0n) is 28.4. The predicted molar refractivity (Wildman–Crippen MR) is 217 cm³/mol. The molecule has 11 rings (SSSR count). The average Bonchev–Trinajstić information content (AvgIpc) is 3.77. The van der Waals surface area contributed by atoms with E-state index in [9.17, 15) is 0 Å². The van der Waals surface area contributed by atoms with Crippen LogP contribution in [0.25, 0.3) is 82.5 Å². The molecule has 8 aromatic carbocycles. The molecule has 0 fully saturated rings. The van der Waals surface area contributed by atoms with Crippen LogP contribution >= 0.6 is 7.14 Å². The van der Waals surface area contributed by atoms with Gasteiger partial charge in [0.05, 0.1) is 16.7 Å². The Hall–Kier alpha value is -6.22. The Labute approximate surface area is 300 Å². The van der Waals surface area contributed by atoms with Gasteiger partial charge in [0.15, 0.2) is 7.14 Å². The van der Waals surface area contributed by atoms with Crippen molar-refractivity contribution in [3.05, 3.63) is 164 Å². The largest absolute Gasteiger partial charge is 0.456 e. The van der Waals surface area contributed by atoms with E-state index >= 15 is 4.57 Å². The van der Waals surface area contributed by atoms with Crippen molar-refractivity contribution in [1.82, 2.24) is 9.55 Å². The highest BCUT2D eigenvalue weighted by molar-refractivity contribution is 7.86. The molecule has 0 saturated carbocycles. The van der Waals surface area contributed by atoms with Crippen LogP contribution in [0.5, 0.6) is 0 Å². The second kappa shape index (κ2) is 10.9. The van der Waals surface area contributed by atoms with Gasteiger partial charge in [-0.15, -0.1) is 0 Å². The average molecular weight is 687 g/mol. The lowest BCUT2D eigenvalue weighted by Crippen LogP contribution is -2.33. The molecule has 246 valence electrons. The van der Waals surface area contributed by atoms with Crippen molar-refractivity contribution in [1.29, 1.82) is 0 Å². The molecule has 10 aromatic rings. The molecule has 1 aliphatic heterocycles. The number of hydrogen-bond acceptors (Lipinski definition) is 3. The molecular weight excluding hydrogens is 656 g/mol. The zero-order valence-corrected chi connectivity index (χ0v) is 29.3. The normalized spacial score (nSPS) is 15.2. The molecule has 3 heterocycles. The van der Waals surface area contributed by atoms with Crippen LogP contribution < -0.4 is 15.9 Å². The van der Waals surface area contributed by atoms with E-state index in [1.165, 1.54) is 5.56 Å².